The van der Waals surface area contributed by atoms with Gasteiger partial charge in [-0.1, -0.05) is 77.9 Å². The number of nitrogens with one attached hydrogen (secondary N) is 6. The predicted octanol–water partition coefficient (Wildman–Crippen LogP) is 7.71. The largest absolute Gasteiger partial charge is 0.312 e. The van der Waals surface area contributed by atoms with E-state index < -0.39 is 30.0 Å². The van der Waals surface area contributed by atoms with Gasteiger partial charge in [-0.05, 0) is 24.3 Å². The van der Waals surface area contributed by atoms with Gasteiger partial charge in [0.2, 0.25) is 30.0 Å². The maximum Gasteiger partial charge on any atom is 0.243 e. The van der Waals surface area contributed by atoms with Crippen molar-refractivity contribution in [3.8, 4) is 0 Å². The van der Waals surface area contributed by atoms with Gasteiger partial charge in [0, 0.05) is 64.7 Å². The van der Waals surface area contributed by atoms with E-state index in [0.29, 0.717) is 39.3 Å². The third-order valence-corrected chi connectivity index (χ3v) is 21.1. The van der Waals surface area contributed by atoms with Gasteiger partial charge >= 0.3 is 0 Å². The summed E-state index contributed by atoms with van der Waals surface area (Å²) >= 11 is 0. The van der Waals surface area contributed by atoms with Gasteiger partial charge < -0.3 is 9.34 Å². The zero-order chi connectivity index (χ0) is 30.7. The maximum absolute atomic E-state index is 5.79. The summed E-state index contributed by atoms with van der Waals surface area (Å²) in [4.78, 5) is 0. The van der Waals surface area contributed by atoms with Crippen molar-refractivity contribution < 1.29 is 0 Å². The van der Waals surface area contributed by atoms with Gasteiger partial charge in [0.05, 0.1) is 0 Å². The zero-order valence-electron chi connectivity index (χ0n) is 26.5. The zero-order valence-corrected chi connectivity index (χ0v) is 30.1. The summed E-state index contributed by atoms with van der Waals surface area (Å²) in [5, 5.41) is 22.5. The van der Waals surface area contributed by atoms with Crippen LogP contribution in [0.25, 0.3) is 0 Å². The molecule has 0 fully saturated rings. The van der Waals surface area contributed by atoms with Crippen LogP contribution in [0.4, 0.5) is 11.4 Å². The van der Waals surface area contributed by atoms with Crippen molar-refractivity contribution in [1.29, 1.82) is 0 Å². The molecule has 3 rings (SSSR count). The SMILES string of the molecule is CCNP1(NCC)=NP(NCC)(N(C)c2ccccc2)=NP(NCC)(NCC)=NP(NCC)(N(C)c2ccccc2)=N1. The van der Waals surface area contributed by atoms with Crippen molar-refractivity contribution in [1.82, 2.24) is 30.5 Å². The molecule has 0 radical (unpaired) electrons. The minimum absolute atomic E-state index is 0.686. The predicted molar refractivity (Wildman–Crippen MR) is 189 cm³/mol. The summed E-state index contributed by atoms with van der Waals surface area (Å²) in [6, 6.07) is 20.7. The standard InChI is InChI=1S/C26H52N12P4/c1-9-27-39(28-10-2)33-41(31-13-5,37(7)25-21-17-15-18-22-25)35-40(29-11-3,30-12-4)36-42(34-39,32-14-6)38(8)26-23-19-16-20-24-26/h15-24,27-32H,9-14H2,1-8H3. The quantitative estimate of drug-likeness (QED) is 0.101. The average molecular weight is 657 g/mol. The van der Waals surface area contributed by atoms with Crippen molar-refractivity contribution in [2.24, 2.45) is 18.1 Å². The normalized spacial score (nSPS) is 22.9. The Balaban J connectivity index is 2.62. The lowest BCUT2D eigenvalue weighted by Crippen LogP contribution is -2.31. The first-order valence-electron chi connectivity index (χ1n) is 14.9. The topological polar surface area (TPSA) is 128 Å². The van der Waals surface area contributed by atoms with Gasteiger partial charge in [0.15, 0.2) is 0 Å². The van der Waals surface area contributed by atoms with Crippen LogP contribution in [0.1, 0.15) is 41.5 Å². The molecule has 236 valence electrons. The number of benzene rings is 2. The van der Waals surface area contributed by atoms with E-state index in [0.717, 1.165) is 11.4 Å². The van der Waals surface area contributed by atoms with E-state index in [-0.39, 0.29) is 0 Å². The van der Waals surface area contributed by atoms with E-state index in [2.05, 4.69) is 144 Å². The third-order valence-electron chi connectivity index (χ3n) is 6.37. The average Bonchev–Trinajstić information content (AvgIpc) is 2.97. The Morgan fingerprint density at radius 3 is 1.00 bits per heavy atom. The summed E-state index contributed by atoms with van der Waals surface area (Å²) in [5.41, 5.74) is 2.07. The Labute approximate surface area is 254 Å². The van der Waals surface area contributed by atoms with Crippen LogP contribution in [0.2, 0.25) is 0 Å². The second-order valence-electron chi connectivity index (χ2n) is 9.49. The number of anilines is 2. The fourth-order valence-corrected chi connectivity index (χ4v) is 21.4. The summed E-state index contributed by atoms with van der Waals surface area (Å²) in [6.07, 6.45) is 0. The third kappa shape index (κ3) is 8.05. The Kier molecular flexibility index (Phi) is 13.5. The van der Waals surface area contributed by atoms with Crippen LogP contribution in [-0.2, 0) is 0 Å². The molecule has 0 saturated carbocycles. The van der Waals surface area contributed by atoms with Crippen molar-refractivity contribution in [2.45, 2.75) is 41.5 Å². The van der Waals surface area contributed by atoms with Crippen LogP contribution < -0.4 is 39.9 Å². The van der Waals surface area contributed by atoms with E-state index in [4.69, 9.17) is 18.1 Å². The van der Waals surface area contributed by atoms with E-state index in [9.17, 15) is 0 Å². The van der Waals surface area contributed by atoms with E-state index in [1.165, 1.54) is 0 Å². The summed E-state index contributed by atoms with van der Waals surface area (Å²) in [6.45, 7) is 16.8. The maximum atomic E-state index is 5.79. The van der Waals surface area contributed by atoms with Crippen LogP contribution in [0, 0.1) is 0 Å². The van der Waals surface area contributed by atoms with E-state index in [1.807, 2.05) is 12.1 Å². The minimum Gasteiger partial charge on any atom is -0.312 e. The highest BCUT2D eigenvalue weighted by molar-refractivity contribution is 7.85. The first-order valence-corrected chi connectivity index (χ1v) is 21.6. The van der Waals surface area contributed by atoms with Crippen molar-refractivity contribution in [2.75, 3.05) is 62.7 Å². The molecule has 0 aliphatic carbocycles. The first-order chi connectivity index (χ1) is 20.2. The van der Waals surface area contributed by atoms with Crippen molar-refractivity contribution in [3.63, 3.8) is 0 Å². The molecule has 12 nitrogen and oxygen atoms in total. The van der Waals surface area contributed by atoms with Gasteiger partial charge in [-0.3, -0.25) is 20.3 Å². The molecular weight excluding hydrogens is 604 g/mol. The molecule has 2 aromatic rings. The van der Waals surface area contributed by atoms with E-state index >= 15 is 0 Å². The number of hydrogen-bond acceptors (Lipinski definition) is 12. The van der Waals surface area contributed by atoms with Gasteiger partial charge in [0.25, 0.3) is 0 Å². The summed E-state index contributed by atoms with van der Waals surface area (Å²) < 4.78 is 27.6. The fourth-order valence-electron chi connectivity index (χ4n) is 4.65. The van der Waals surface area contributed by atoms with Crippen LogP contribution in [-0.4, -0.2) is 53.4 Å². The molecule has 1 aliphatic heterocycles. The number of nitrogens with zero attached hydrogens (tertiary/aromatic N) is 6. The van der Waals surface area contributed by atoms with Gasteiger partial charge in [-0.25, -0.2) is 10.2 Å². The second kappa shape index (κ2) is 16.2. The lowest BCUT2D eigenvalue weighted by atomic mass is 10.3. The molecule has 0 aromatic heterocycles. The highest BCUT2D eigenvalue weighted by Crippen LogP contribution is 2.74. The summed E-state index contributed by atoms with van der Waals surface area (Å²) in [7, 11) is -7.11. The summed E-state index contributed by atoms with van der Waals surface area (Å²) in [5.74, 6) is 0. The van der Waals surface area contributed by atoms with Crippen LogP contribution in [0.15, 0.2) is 78.7 Å². The molecule has 42 heavy (non-hydrogen) atoms. The molecule has 2 aromatic carbocycles. The second-order valence-corrected chi connectivity index (χ2v) is 20.1. The highest BCUT2D eigenvalue weighted by atomic mass is 31.3. The first kappa shape index (κ1) is 35.2. The lowest BCUT2D eigenvalue weighted by Gasteiger charge is -2.42. The Morgan fingerprint density at radius 2 is 0.738 bits per heavy atom. The molecular formula is C26H52N12P4. The number of hydrogen-bond donors (Lipinski definition) is 6. The van der Waals surface area contributed by atoms with Gasteiger partial charge in [-0.2, -0.15) is 18.1 Å². The van der Waals surface area contributed by atoms with Gasteiger partial charge in [-0.15, -0.1) is 0 Å². The monoisotopic (exact) mass is 656 g/mol. The molecule has 0 spiro atoms. The van der Waals surface area contributed by atoms with Crippen LogP contribution in [0.5, 0.6) is 0 Å². The fraction of sp³-hybridized carbons (Fsp3) is 0.538. The molecule has 1 aliphatic rings. The lowest BCUT2D eigenvalue weighted by molar-refractivity contribution is 0.911. The van der Waals surface area contributed by atoms with E-state index in [1.54, 1.807) is 0 Å². The van der Waals surface area contributed by atoms with Crippen LogP contribution in [0.3, 0.4) is 0 Å². The Hall–Kier alpha value is -1.28. The molecule has 6 N–H and O–H groups in total. The number of rotatable bonds is 16. The molecule has 0 bridgehead atoms. The molecule has 0 saturated heterocycles. The Bertz CT molecular complexity index is 1230. The molecule has 2 atom stereocenters. The smallest absolute Gasteiger partial charge is 0.243 e. The van der Waals surface area contributed by atoms with Crippen molar-refractivity contribution in [3.05, 3.63) is 60.7 Å². The Morgan fingerprint density at radius 1 is 0.452 bits per heavy atom. The highest BCUT2D eigenvalue weighted by Gasteiger charge is 2.40. The van der Waals surface area contributed by atoms with Crippen LogP contribution >= 0.6 is 30.0 Å². The molecule has 16 heteroatoms. The molecule has 2 unspecified atom stereocenters. The van der Waals surface area contributed by atoms with Gasteiger partial charge in [0.1, 0.15) is 0 Å². The minimum atomic E-state index is -2.85. The molecule has 1 heterocycles. The molecule has 0 amide bonds. The number of para-hydroxylation sites is 2. The van der Waals surface area contributed by atoms with Crippen molar-refractivity contribution >= 4 is 41.4 Å².